The first kappa shape index (κ1) is 24.8. The van der Waals surface area contributed by atoms with Crippen LogP contribution in [-0.4, -0.2) is 42.3 Å². The Morgan fingerprint density at radius 3 is 2.14 bits per heavy atom. The number of hydrogen-bond donors (Lipinski definition) is 3. The average molecular weight is 479 g/mol. The fraction of sp³-hybridized carbons (Fsp3) is 0.464. The predicted molar refractivity (Wildman–Crippen MR) is 133 cm³/mol. The first-order chi connectivity index (χ1) is 17.0. The number of carbonyl (C=O) groups excluding carboxylic acids is 2. The van der Waals surface area contributed by atoms with E-state index in [9.17, 15) is 14.4 Å². The van der Waals surface area contributed by atoms with Gasteiger partial charge in [0, 0.05) is 30.8 Å². The Labute approximate surface area is 206 Å². The van der Waals surface area contributed by atoms with E-state index in [1.54, 1.807) is 0 Å². The SMILES string of the molecule is CCC(CNC(=O)C1CCC(NC(=O)OCC2c3ccccc3-c3ccccc32)CC1)CC(=O)O. The van der Waals surface area contributed by atoms with Gasteiger partial charge in [0.15, 0.2) is 0 Å². The van der Waals surface area contributed by atoms with Crippen molar-refractivity contribution in [1.82, 2.24) is 10.6 Å². The maximum atomic E-state index is 12.5. The van der Waals surface area contributed by atoms with Crippen LogP contribution in [0.5, 0.6) is 0 Å². The van der Waals surface area contributed by atoms with Gasteiger partial charge in [0.05, 0.1) is 0 Å². The normalized spacial score (nSPS) is 19.8. The lowest BCUT2D eigenvalue weighted by atomic mass is 9.85. The molecule has 2 amide bonds. The first-order valence-electron chi connectivity index (χ1n) is 12.6. The van der Waals surface area contributed by atoms with Crippen molar-refractivity contribution in [2.45, 2.75) is 57.4 Å². The van der Waals surface area contributed by atoms with Gasteiger partial charge in [-0.05, 0) is 53.9 Å². The van der Waals surface area contributed by atoms with Gasteiger partial charge in [-0.25, -0.2) is 4.79 Å². The number of aliphatic carboxylic acids is 1. The molecule has 1 unspecified atom stereocenters. The third kappa shape index (κ3) is 6.02. The number of amides is 2. The molecule has 3 N–H and O–H groups in total. The minimum Gasteiger partial charge on any atom is -0.481 e. The molecule has 2 aliphatic carbocycles. The lowest BCUT2D eigenvalue weighted by Crippen LogP contribution is -2.42. The van der Waals surface area contributed by atoms with Gasteiger partial charge in [0.2, 0.25) is 5.91 Å². The van der Waals surface area contributed by atoms with Crippen LogP contribution in [0.3, 0.4) is 0 Å². The monoisotopic (exact) mass is 478 g/mol. The number of alkyl carbamates (subject to hydrolysis) is 1. The van der Waals surface area contributed by atoms with Crippen LogP contribution in [0.2, 0.25) is 0 Å². The fourth-order valence-electron chi connectivity index (χ4n) is 5.30. The van der Waals surface area contributed by atoms with E-state index in [1.165, 1.54) is 22.3 Å². The van der Waals surface area contributed by atoms with Crippen molar-refractivity contribution in [2.24, 2.45) is 11.8 Å². The Bertz CT molecular complexity index is 1020. The molecular formula is C28H34N2O5. The summed E-state index contributed by atoms with van der Waals surface area (Å²) in [5, 5.41) is 14.9. The summed E-state index contributed by atoms with van der Waals surface area (Å²) in [6.45, 7) is 2.60. The number of benzene rings is 2. The van der Waals surface area contributed by atoms with Gasteiger partial charge >= 0.3 is 12.1 Å². The van der Waals surface area contributed by atoms with Crippen LogP contribution in [0.1, 0.15) is 62.5 Å². The minimum atomic E-state index is -0.842. The molecule has 1 fully saturated rings. The number of fused-ring (bicyclic) bond motifs is 3. The molecule has 2 aromatic rings. The second-order valence-corrected chi connectivity index (χ2v) is 9.64. The zero-order chi connectivity index (χ0) is 24.8. The topological polar surface area (TPSA) is 105 Å². The highest BCUT2D eigenvalue weighted by Gasteiger charge is 2.30. The summed E-state index contributed by atoms with van der Waals surface area (Å²) in [4.78, 5) is 36.0. The van der Waals surface area contributed by atoms with E-state index in [0.717, 1.165) is 0 Å². The van der Waals surface area contributed by atoms with Gasteiger partial charge in [0.1, 0.15) is 6.61 Å². The van der Waals surface area contributed by atoms with Crippen LogP contribution in [0.25, 0.3) is 11.1 Å². The molecule has 2 aromatic carbocycles. The summed E-state index contributed by atoms with van der Waals surface area (Å²) in [5.41, 5.74) is 4.76. The van der Waals surface area contributed by atoms with Crippen molar-refractivity contribution in [1.29, 1.82) is 0 Å². The molecule has 7 heteroatoms. The quantitative estimate of drug-likeness (QED) is 0.485. The van der Waals surface area contributed by atoms with Gasteiger partial charge in [-0.3, -0.25) is 9.59 Å². The Balaban J connectivity index is 1.22. The first-order valence-corrected chi connectivity index (χ1v) is 12.6. The summed E-state index contributed by atoms with van der Waals surface area (Å²) in [6, 6.07) is 16.5. The van der Waals surface area contributed by atoms with Gasteiger partial charge < -0.3 is 20.5 Å². The molecule has 0 aromatic heterocycles. The molecule has 0 bridgehead atoms. The number of nitrogens with one attached hydrogen (secondary N) is 2. The molecular weight excluding hydrogens is 444 g/mol. The van der Waals surface area contributed by atoms with Crippen molar-refractivity contribution < 1.29 is 24.2 Å². The molecule has 0 aliphatic heterocycles. The molecule has 35 heavy (non-hydrogen) atoms. The summed E-state index contributed by atoms with van der Waals surface area (Å²) in [7, 11) is 0. The van der Waals surface area contributed by atoms with Crippen molar-refractivity contribution in [2.75, 3.05) is 13.2 Å². The summed E-state index contributed by atoms with van der Waals surface area (Å²) in [6.07, 6.45) is 3.17. The highest BCUT2D eigenvalue weighted by atomic mass is 16.5. The molecule has 1 saturated carbocycles. The molecule has 2 aliphatic rings. The third-order valence-electron chi connectivity index (χ3n) is 7.37. The average Bonchev–Trinajstić information content (AvgIpc) is 3.19. The number of hydrogen-bond acceptors (Lipinski definition) is 4. The van der Waals surface area contributed by atoms with Crippen LogP contribution in [0.15, 0.2) is 48.5 Å². The lowest BCUT2D eigenvalue weighted by molar-refractivity contribution is -0.138. The Hall–Kier alpha value is -3.35. The summed E-state index contributed by atoms with van der Waals surface area (Å²) >= 11 is 0. The number of carbonyl (C=O) groups is 3. The number of ether oxygens (including phenoxy) is 1. The van der Waals surface area contributed by atoms with E-state index in [4.69, 9.17) is 9.84 Å². The summed E-state index contributed by atoms with van der Waals surface area (Å²) < 4.78 is 5.65. The van der Waals surface area contributed by atoms with Crippen LogP contribution >= 0.6 is 0 Å². The minimum absolute atomic E-state index is 0.00917. The Morgan fingerprint density at radius 2 is 1.57 bits per heavy atom. The molecule has 0 saturated heterocycles. The zero-order valence-electron chi connectivity index (χ0n) is 20.2. The predicted octanol–water partition coefficient (Wildman–Crippen LogP) is 4.70. The van der Waals surface area contributed by atoms with Crippen LogP contribution in [0, 0.1) is 11.8 Å². The van der Waals surface area contributed by atoms with Crippen LogP contribution in [-0.2, 0) is 14.3 Å². The van der Waals surface area contributed by atoms with Gasteiger partial charge in [-0.1, -0.05) is 61.9 Å². The molecule has 0 radical (unpaired) electrons. The third-order valence-corrected chi connectivity index (χ3v) is 7.37. The molecule has 0 spiro atoms. The van der Waals surface area contributed by atoms with E-state index in [2.05, 4.69) is 34.9 Å². The zero-order valence-corrected chi connectivity index (χ0v) is 20.2. The molecule has 1 atom stereocenters. The largest absolute Gasteiger partial charge is 0.481 e. The smallest absolute Gasteiger partial charge is 0.407 e. The van der Waals surface area contributed by atoms with Gasteiger partial charge in [-0.15, -0.1) is 0 Å². The second-order valence-electron chi connectivity index (χ2n) is 9.64. The highest BCUT2D eigenvalue weighted by molar-refractivity contribution is 5.79. The van der Waals surface area contributed by atoms with Gasteiger partial charge in [0.25, 0.3) is 0 Å². The number of rotatable bonds is 9. The second kappa shape index (κ2) is 11.4. The highest BCUT2D eigenvalue weighted by Crippen LogP contribution is 2.44. The van der Waals surface area contributed by atoms with Crippen molar-refractivity contribution in [3.63, 3.8) is 0 Å². The number of carboxylic acid groups (broad SMARTS) is 1. The molecule has 0 heterocycles. The van der Waals surface area contributed by atoms with E-state index >= 15 is 0 Å². The van der Waals surface area contributed by atoms with Crippen LogP contribution in [0.4, 0.5) is 4.79 Å². The Morgan fingerprint density at radius 1 is 0.971 bits per heavy atom. The van der Waals surface area contributed by atoms with E-state index in [1.807, 2.05) is 31.2 Å². The summed E-state index contributed by atoms with van der Waals surface area (Å²) in [5.74, 6) is -0.985. The van der Waals surface area contributed by atoms with Crippen molar-refractivity contribution in [3.05, 3.63) is 59.7 Å². The fourth-order valence-corrected chi connectivity index (χ4v) is 5.30. The molecule has 4 rings (SSSR count). The van der Waals surface area contributed by atoms with Crippen molar-refractivity contribution in [3.8, 4) is 11.1 Å². The van der Waals surface area contributed by atoms with Gasteiger partial charge in [-0.2, -0.15) is 0 Å². The molecule has 7 nitrogen and oxygen atoms in total. The standard InChI is InChI=1S/C28H34N2O5/c1-2-18(15-26(31)32)16-29-27(33)19-11-13-20(14-12-19)30-28(34)35-17-25-23-9-5-3-7-21(23)22-8-4-6-10-24(22)25/h3-10,18-20,25H,2,11-17H2,1H3,(H,29,33)(H,30,34)(H,31,32). The van der Waals surface area contributed by atoms with E-state index in [0.29, 0.717) is 38.6 Å². The van der Waals surface area contributed by atoms with Crippen molar-refractivity contribution >= 4 is 18.0 Å². The molecule has 186 valence electrons. The Kier molecular flexibility index (Phi) is 8.06. The lowest BCUT2D eigenvalue weighted by Gasteiger charge is -2.28. The van der Waals surface area contributed by atoms with Crippen LogP contribution < -0.4 is 10.6 Å². The van der Waals surface area contributed by atoms with E-state index < -0.39 is 12.1 Å². The van der Waals surface area contributed by atoms with E-state index in [-0.39, 0.29) is 42.7 Å². The number of carboxylic acids is 1. The maximum absolute atomic E-state index is 12.5. The maximum Gasteiger partial charge on any atom is 0.407 e.